The van der Waals surface area contributed by atoms with Gasteiger partial charge in [-0.05, 0) is 37.5 Å². The van der Waals surface area contributed by atoms with Crippen LogP contribution in [0.1, 0.15) is 44.2 Å². The summed E-state index contributed by atoms with van der Waals surface area (Å²) in [7, 11) is 0. The van der Waals surface area contributed by atoms with Crippen molar-refractivity contribution >= 4 is 5.91 Å². The van der Waals surface area contributed by atoms with Crippen molar-refractivity contribution < 1.29 is 18.0 Å². The number of hydrogen-bond acceptors (Lipinski definition) is 2. The van der Waals surface area contributed by atoms with Gasteiger partial charge in [0.05, 0.1) is 12.0 Å². The number of amides is 1. The molecule has 1 N–H and O–H groups in total. The minimum absolute atomic E-state index is 0.0468. The van der Waals surface area contributed by atoms with Gasteiger partial charge in [-0.15, -0.1) is 0 Å². The topological polar surface area (TPSA) is 42.0 Å². The van der Waals surface area contributed by atoms with Crippen molar-refractivity contribution in [1.29, 1.82) is 0 Å². The average molecular weight is 300 g/mol. The van der Waals surface area contributed by atoms with Crippen LogP contribution in [0.2, 0.25) is 0 Å². The quantitative estimate of drug-likeness (QED) is 0.926. The average Bonchev–Trinajstić information content (AvgIpc) is 2.47. The summed E-state index contributed by atoms with van der Waals surface area (Å²) in [6, 6.07) is 3.16. The number of nitrogens with one attached hydrogen (secondary N) is 1. The van der Waals surface area contributed by atoms with Crippen molar-refractivity contribution in [2.24, 2.45) is 11.8 Å². The molecule has 2 rings (SSSR count). The van der Waals surface area contributed by atoms with Gasteiger partial charge in [-0.3, -0.25) is 9.78 Å². The number of carbonyl (C=O) groups excluding carboxylic acids is 1. The van der Waals surface area contributed by atoms with E-state index in [1.54, 1.807) is 31.5 Å². The Kier molecular flexibility index (Phi) is 4.85. The zero-order chi connectivity index (χ0) is 15.5. The molecule has 116 valence electrons. The van der Waals surface area contributed by atoms with Gasteiger partial charge in [-0.2, -0.15) is 13.2 Å². The Hall–Kier alpha value is -1.59. The summed E-state index contributed by atoms with van der Waals surface area (Å²) in [5.74, 6) is -2.99. The maximum atomic E-state index is 13.0. The highest BCUT2D eigenvalue weighted by atomic mass is 19.4. The van der Waals surface area contributed by atoms with E-state index < -0.39 is 23.9 Å². The summed E-state index contributed by atoms with van der Waals surface area (Å²) < 4.78 is 39.1. The monoisotopic (exact) mass is 300 g/mol. The number of nitrogens with zero attached hydrogens (tertiary/aromatic N) is 1. The highest BCUT2D eigenvalue weighted by molar-refractivity contribution is 5.79. The predicted molar refractivity (Wildman–Crippen MR) is 72.3 cm³/mol. The first kappa shape index (κ1) is 15.8. The van der Waals surface area contributed by atoms with Crippen LogP contribution in [0, 0.1) is 11.8 Å². The van der Waals surface area contributed by atoms with Crippen LogP contribution in [-0.4, -0.2) is 17.1 Å². The van der Waals surface area contributed by atoms with Gasteiger partial charge in [0.25, 0.3) is 0 Å². The van der Waals surface area contributed by atoms with Crippen molar-refractivity contribution in [3.05, 3.63) is 30.1 Å². The van der Waals surface area contributed by atoms with Crippen LogP contribution < -0.4 is 5.32 Å². The summed E-state index contributed by atoms with van der Waals surface area (Å²) in [4.78, 5) is 16.1. The minimum atomic E-state index is -4.30. The number of rotatable bonds is 3. The van der Waals surface area contributed by atoms with Crippen molar-refractivity contribution in [3.63, 3.8) is 0 Å². The molecule has 1 aliphatic rings. The fraction of sp³-hybridized carbons (Fsp3) is 0.600. The van der Waals surface area contributed by atoms with Crippen LogP contribution in [0.25, 0.3) is 0 Å². The second-order valence-electron chi connectivity index (χ2n) is 5.55. The van der Waals surface area contributed by atoms with Crippen molar-refractivity contribution in [3.8, 4) is 0 Å². The maximum absolute atomic E-state index is 13.0. The first-order chi connectivity index (χ1) is 9.89. The summed E-state index contributed by atoms with van der Waals surface area (Å²) >= 11 is 0. The maximum Gasteiger partial charge on any atom is 0.392 e. The Morgan fingerprint density at radius 2 is 1.90 bits per heavy atom. The molecule has 0 aromatic carbocycles. The lowest BCUT2D eigenvalue weighted by Gasteiger charge is -2.32. The summed E-state index contributed by atoms with van der Waals surface area (Å²) in [5, 5.41) is 2.70. The van der Waals surface area contributed by atoms with E-state index in [9.17, 15) is 18.0 Å². The van der Waals surface area contributed by atoms with Gasteiger partial charge >= 0.3 is 6.18 Å². The van der Waals surface area contributed by atoms with Crippen LogP contribution in [0.4, 0.5) is 13.2 Å². The Morgan fingerprint density at radius 3 is 2.52 bits per heavy atom. The van der Waals surface area contributed by atoms with Crippen LogP contribution in [0.3, 0.4) is 0 Å². The molecule has 3 nitrogen and oxygen atoms in total. The molecule has 0 spiro atoms. The van der Waals surface area contributed by atoms with E-state index in [4.69, 9.17) is 0 Å². The summed E-state index contributed by atoms with van der Waals surface area (Å²) in [5.41, 5.74) is 0.831. The van der Waals surface area contributed by atoms with E-state index in [1.807, 2.05) is 0 Å². The molecule has 0 saturated heterocycles. The lowest BCUT2D eigenvalue weighted by Crippen LogP contribution is -2.43. The summed E-state index contributed by atoms with van der Waals surface area (Å²) in [6.45, 7) is 1.76. The lowest BCUT2D eigenvalue weighted by molar-refractivity contribution is -0.198. The molecule has 3 unspecified atom stereocenters. The fourth-order valence-electron chi connectivity index (χ4n) is 2.89. The van der Waals surface area contributed by atoms with Crippen LogP contribution in [0.5, 0.6) is 0 Å². The number of carbonyl (C=O) groups is 1. The van der Waals surface area contributed by atoms with Gasteiger partial charge in [-0.25, -0.2) is 0 Å². The molecule has 1 fully saturated rings. The van der Waals surface area contributed by atoms with E-state index in [0.717, 1.165) is 5.56 Å². The molecule has 21 heavy (non-hydrogen) atoms. The SMILES string of the molecule is CC(NC(=O)C1CCCCC1C(F)(F)F)c1ccncc1. The normalized spacial score (nSPS) is 24.4. The van der Waals surface area contributed by atoms with E-state index in [0.29, 0.717) is 19.3 Å². The van der Waals surface area contributed by atoms with Gasteiger partial charge in [0.1, 0.15) is 0 Å². The van der Waals surface area contributed by atoms with Gasteiger partial charge < -0.3 is 5.32 Å². The Balaban J connectivity index is 2.04. The number of pyridine rings is 1. The number of alkyl halides is 3. The van der Waals surface area contributed by atoms with Crippen molar-refractivity contribution in [1.82, 2.24) is 10.3 Å². The van der Waals surface area contributed by atoms with Crippen molar-refractivity contribution in [2.75, 3.05) is 0 Å². The smallest absolute Gasteiger partial charge is 0.349 e. The molecule has 1 aliphatic carbocycles. The van der Waals surface area contributed by atoms with Gasteiger partial charge in [0, 0.05) is 18.3 Å². The Bertz CT molecular complexity index is 476. The first-order valence-corrected chi connectivity index (χ1v) is 7.16. The predicted octanol–water partition coefficient (Wildman–Crippen LogP) is 3.63. The second-order valence-corrected chi connectivity index (χ2v) is 5.55. The Labute approximate surface area is 122 Å². The van der Waals surface area contributed by atoms with Gasteiger partial charge in [-0.1, -0.05) is 12.8 Å². The summed E-state index contributed by atoms with van der Waals surface area (Å²) in [6.07, 6.45) is 0.447. The molecule has 6 heteroatoms. The van der Waals surface area contributed by atoms with Crippen molar-refractivity contribution in [2.45, 2.75) is 44.8 Å². The van der Waals surface area contributed by atoms with Crippen LogP contribution in [0.15, 0.2) is 24.5 Å². The fourth-order valence-corrected chi connectivity index (χ4v) is 2.89. The van der Waals surface area contributed by atoms with E-state index in [2.05, 4.69) is 10.3 Å². The number of halogens is 3. The molecule has 1 aromatic rings. The highest BCUT2D eigenvalue weighted by Gasteiger charge is 2.48. The van der Waals surface area contributed by atoms with Crippen LogP contribution >= 0.6 is 0 Å². The molecule has 0 aliphatic heterocycles. The van der Waals surface area contributed by atoms with Gasteiger partial charge in [0.2, 0.25) is 5.91 Å². The molecule has 0 bridgehead atoms. The van der Waals surface area contributed by atoms with Crippen LogP contribution in [-0.2, 0) is 4.79 Å². The molecule has 1 amide bonds. The van der Waals surface area contributed by atoms with E-state index in [1.165, 1.54) is 0 Å². The zero-order valence-corrected chi connectivity index (χ0v) is 11.9. The highest BCUT2D eigenvalue weighted by Crippen LogP contribution is 2.41. The molecule has 0 radical (unpaired) electrons. The molecule has 1 saturated carbocycles. The molecule has 1 aromatic heterocycles. The zero-order valence-electron chi connectivity index (χ0n) is 11.9. The molecule has 3 atom stereocenters. The van der Waals surface area contributed by atoms with Gasteiger partial charge in [0.15, 0.2) is 0 Å². The minimum Gasteiger partial charge on any atom is -0.349 e. The van der Waals surface area contributed by atoms with E-state index >= 15 is 0 Å². The molecular formula is C15H19F3N2O. The third-order valence-corrected chi connectivity index (χ3v) is 4.09. The number of aromatic nitrogens is 1. The van der Waals surface area contributed by atoms with E-state index in [-0.39, 0.29) is 12.5 Å². The third kappa shape index (κ3) is 3.95. The third-order valence-electron chi connectivity index (χ3n) is 4.09. The first-order valence-electron chi connectivity index (χ1n) is 7.16. The second kappa shape index (κ2) is 6.45. The largest absolute Gasteiger partial charge is 0.392 e. The molecular weight excluding hydrogens is 281 g/mol. The molecule has 1 heterocycles. The number of hydrogen-bond donors (Lipinski definition) is 1. The Morgan fingerprint density at radius 1 is 1.29 bits per heavy atom. The lowest BCUT2D eigenvalue weighted by atomic mass is 9.78. The standard InChI is InChI=1S/C15H19F3N2O/c1-10(11-6-8-19-9-7-11)20-14(21)12-4-2-3-5-13(12)15(16,17)18/h6-10,12-13H,2-5H2,1H3,(H,20,21).